The highest BCUT2D eigenvalue weighted by Crippen LogP contribution is 2.17. The summed E-state index contributed by atoms with van der Waals surface area (Å²) in [5, 5.41) is 3.21. The lowest BCUT2D eigenvalue weighted by molar-refractivity contribution is 0.530. The van der Waals surface area contributed by atoms with Gasteiger partial charge in [-0.05, 0) is 25.2 Å². The molecule has 0 radical (unpaired) electrons. The van der Waals surface area contributed by atoms with E-state index < -0.39 is 10.0 Å². The second kappa shape index (κ2) is 7.34. The van der Waals surface area contributed by atoms with Crippen molar-refractivity contribution in [2.75, 3.05) is 18.8 Å². The molecule has 0 heterocycles. The number of nitrogens with one attached hydrogen (secondary N) is 2. The van der Waals surface area contributed by atoms with Crippen molar-refractivity contribution in [1.29, 1.82) is 0 Å². The third-order valence-corrected chi connectivity index (χ3v) is 4.30. The molecule has 0 bridgehead atoms. The highest BCUT2D eigenvalue weighted by molar-refractivity contribution is 7.89. The lowest BCUT2D eigenvalue weighted by atomic mass is 10.1. The molecule has 1 aliphatic rings. The van der Waals surface area contributed by atoms with E-state index in [1.165, 1.54) is 19.3 Å². The van der Waals surface area contributed by atoms with Crippen LogP contribution in [0, 0.1) is 5.92 Å². The third kappa shape index (κ3) is 8.57. The molecule has 1 fully saturated rings. The predicted octanol–water partition coefficient (Wildman–Crippen LogP) is 1.48. The zero-order valence-corrected chi connectivity index (χ0v) is 11.9. The molecule has 2 N–H and O–H groups in total. The van der Waals surface area contributed by atoms with E-state index in [4.69, 9.17) is 0 Å². The van der Waals surface area contributed by atoms with Crippen LogP contribution in [-0.4, -0.2) is 33.3 Å². The third-order valence-electron chi connectivity index (χ3n) is 2.91. The molecule has 1 aliphatic carbocycles. The van der Waals surface area contributed by atoms with Crippen LogP contribution in [0.2, 0.25) is 0 Å². The minimum absolute atomic E-state index is 0.202. The molecule has 1 rings (SSSR count). The van der Waals surface area contributed by atoms with Gasteiger partial charge in [0.05, 0.1) is 5.75 Å². The van der Waals surface area contributed by atoms with Crippen LogP contribution in [0.15, 0.2) is 0 Å². The average Bonchev–Trinajstić information content (AvgIpc) is 3.00. The summed E-state index contributed by atoms with van der Waals surface area (Å²) in [6.07, 6.45) is 5.60. The van der Waals surface area contributed by atoms with E-state index in [9.17, 15) is 8.42 Å². The van der Waals surface area contributed by atoms with Crippen molar-refractivity contribution in [1.82, 2.24) is 10.0 Å². The predicted molar refractivity (Wildman–Crippen MR) is 71.5 cm³/mol. The van der Waals surface area contributed by atoms with Crippen LogP contribution in [0.25, 0.3) is 0 Å². The summed E-state index contributed by atoms with van der Waals surface area (Å²) in [4.78, 5) is 0. The van der Waals surface area contributed by atoms with Gasteiger partial charge in [-0.1, -0.05) is 26.7 Å². The van der Waals surface area contributed by atoms with Gasteiger partial charge in [0.2, 0.25) is 10.0 Å². The van der Waals surface area contributed by atoms with Crippen LogP contribution < -0.4 is 10.0 Å². The Kier molecular flexibility index (Phi) is 6.44. The number of hydrogen-bond acceptors (Lipinski definition) is 3. The first-order valence-electron chi connectivity index (χ1n) is 6.70. The fraction of sp³-hybridized carbons (Fsp3) is 1.00. The van der Waals surface area contributed by atoms with Gasteiger partial charge in [0.1, 0.15) is 0 Å². The van der Waals surface area contributed by atoms with Crippen molar-refractivity contribution in [3.05, 3.63) is 0 Å². The highest BCUT2D eigenvalue weighted by Gasteiger charge is 2.20. The monoisotopic (exact) mass is 262 g/mol. The van der Waals surface area contributed by atoms with E-state index in [0.717, 1.165) is 12.8 Å². The van der Waals surface area contributed by atoms with Crippen molar-refractivity contribution >= 4 is 10.0 Å². The Bertz CT molecular complexity index is 298. The summed E-state index contributed by atoms with van der Waals surface area (Å²) in [5.74, 6) is 0.905. The fourth-order valence-electron chi connectivity index (χ4n) is 1.66. The number of unbranched alkanes of at least 4 members (excludes halogenated alkanes) is 1. The lowest BCUT2D eigenvalue weighted by Crippen LogP contribution is -2.33. The molecule has 0 aliphatic heterocycles. The van der Waals surface area contributed by atoms with E-state index in [1.54, 1.807) is 0 Å². The lowest BCUT2D eigenvalue weighted by Gasteiger charge is -2.08. The molecule has 0 amide bonds. The smallest absolute Gasteiger partial charge is 0.212 e. The maximum Gasteiger partial charge on any atom is 0.212 e. The maximum absolute atomic E-state index is 11.6. The van der Waals surface area contributed by atoms with Gasteiger partial charge in [-0.3, -0.25) is 0 Å². The Morgan fingerprint density at radius 3 is 2.47 bits per heavy atom. The van der Waals surface area contributed by atoms with E-state index in [1.807, 2.05) is 0 Å². The van der Waals surface area contributed by atoms with E-state index in [2.05, 4.69) is 23.9 Å². The number of sulfonamides is 1. The van der Waals surface area contributed by atoms with Crippen LogP contribution in [0.4, 0.5) is 0 Å². The number of rotatable bonds is 10. The minimum Gasteiger partial charge on any atom is -0.313 e. The van der Waals surface area contributed by atoms with E-state index in [0.29, 0.717) is 25.0 Å². The van der Waals surface area contributed by atoms with Gasteiger partial charge in [-0.25, -0.2) is 13.1 Å². The topological polar surface area (TPSA) is 58.2 Å². The summed E-state index contributed by atoms with van der Waals surface area (Å²) in [6.45, 7) is 5.53. The molecule has 0 unspecified atom stereocenters. The SMILES string of the molecule is CC(C)CCCCNS(=O)(=O)CCNC1CC1. The zero-order chi connectivity index (χ0) is 12.7. The van der Waals surface area contributed by atoms with Gasteiger partial charge < -0.3 is 5.32 Å². The standard InChI is InChI=1S/C12H26N2O2S/c1-11(2)5-3-4-8-14-17(15,16)10-9-13-12-6-7-12/h11-14H,3-10H2,1-2H3. The molecule has 0 saturated heterocycles. The van der Waals surface area contributed by atoms with Crippen molar-refractivity contribution in [2.45, 2.75) is 52.0 Å². The molecule has 102 valence electrons. The second-order valence-corrected chi connectivity index (χ2v) is 7.26. The van der Waals surface area contributed by atoms with Crippen LogP contribution in [0.1, 0.15) is 46.0 Å². The molecule has 17 heavy (non-hydrogen) atoms. The fourth-order valence-corrected chi connectivity index (χ4v) is 2.65. The average molecular weight is 262 g/mol. The second-order valence-electron chi connectivity index (χ2n) is 5.33. The van der Waals surface area contributed by atoms with Crippen LogP contribution >= 0.6 is 0 Å². The van der Waals surface area contributed by atoms with Gasteiger partial charge in [-0.2, -0.15) is 0 Å². The first-order valence-corrected chi connectivity index (χ1v) is 8.35. The van der Waals surface area contributed by atoms with Gasteiger partial charge in [-0.15, -0.1) is 0 Å². The Hall–Kier alpha value is -0.130. The molecule has 1 saturated carbocycles. The summed E-state index contributed by atoms with van der Waals surface area (Å²) in [5.41, 5.74) is 0. The van der Waals surface area contributed by atoms with Gasteiger partial charge in [0.15, 0.2) is 0 Å². The van der Waals surface area contributed by atoms with Crippen LogP contribution in [0.3, 0.4) is 0 Å². The van der Waals surface area contributed by atoms with Gasteiger partial charge in [0, 0.05) is 19.1 Å². The molecular weight excluding hydrogens is 236 g/mol. The quantitative estimate of drug-likeness (QED) is 0.586. The molecule has 4 nitrogen and oxygen atoms in total. The Labute approximate surface area is 106 Å². The summed E-state index contributed by atoms with van der Waals surface area (Å²) in [7, 11) is -3.06. The van der Waals surface area contributed by atoms with Gasteiger partial charge >= 0.3 is 0 Å². The number of hydrogen-bond donors (Lipinski definition) is 2. The first kappa shape index (κ1) is 14.9. The molecule has 0 aromatic rings. The zero-order valence-electron chi connectivity index (χ0n) is 11.0. The summed E-state index contributed by atoms with van der Waals surface area (Å²) >= 11 is 0. The molecule has 0 aromatic carbocycles. The summed E-state index contributed by atoms with van der Waals surface area (Å²) < 4.78 is 25.8. The Morgan fingerprint density at radius 2 is 1.88 bits per heavy atom. The molecule has 0 aromatic heterocycles. The van der Waals surface area contributed by atoms with Crippen LogP contribution in [-0.2, 0) is 10.0 Å². The molecule has 5 heteroatoms. The Balaban J connectivity index is 1.98. The Morgan fingerprint density at radius 1 is 1.18 bits per heavy atom. The largest absolute Gasteiger partial charge is 0.313 e. The first-order chi connectivity index (χ1) is 7.99. The maximum atomic E-state index is 11.6. The van der Waals surface area contributed by atoms with E-state index in [-0.39, 0.29) is 5.75 Å². The molecular formula is C12H26N2O2S. The van der Waals surface area contributed by atoms with Crippen LogP contribution in [0.5, 0.6) is 0 Å². The van der Waals surface area contributed by atoms with Crippen molar-refractivity contribution in [2.24, 2.45) is 5.92 Å². The summed E-state index contributed by atoms with van der Waals surface area (Å²) in [6, 6.07) is 0.580. The highest BCUT2D eigenvalue weighted by atomic mass is 32.2. The van der Waals surface area contributed by atoms with Gasteiger partial charge in [0.25, 0.3) is 0 Å². The van der Waals surface area contributed by atoms with Crippen molar-refractivity contribution in [3.63, 3.8) is 0 Å². The van der Waals surface area contributed by atoms with E-state index >= 15 is 0 Å². The van der Waals surface area contributed by atoms with Crippen molar-refractivity contribution in [3.8, 4) is 0 Å². The molecule has 0 atom stereocenters. The van der Waals surface area contributed by atoms with Crippen molar-refractivity contribution < 1.29 is 8.42 Å². The minimum atomic E-state index is -3.06. The normalized spacial score (nSPS) is 16.6. The molecule has 0 spiro atoms.